The van der Waals surface area contributed by atoms with Crippen LogP contribution in [0, 0.1) is 5.92 Å². The van der Waals surface area contributed by atoms with Crippen LogP contribution in [0.25, 0.3) is 0 Å². The Bertz CT molecular complexity index is 1200. The van der Waals surface area contributed by atoms with Crippen LogP contribution in [0.3, 0.4) is 0 Å². The summed E-state index contributed by atoms with van der Waals surface area (Å²) in [6.45, 7) is 0. The molecule has 2 saturated heterocycles. The number of hydrogen-bond acceptors (Lipinski definition) is 6. The van der Waals surface area contributed by atoms with Crippen LogP contribution in [-0.4, -0.2) is 41.3 Å². The first-order valence-corrected chi connectivity index (χ1v) is 11.9. The second-order valence-electron chi connectivity index (χ2n) is 9.10. The van der Waals surface area contributed by atoms with Crippen LogP contribution in [0.2, 0.25) is 0 Å². The third-order valence-corrected chi connectivity index (χ3v) is 6.99. The van der Waals surface area contributed by atoms with Crippen molar-refractivity contribution < 1.29 is 28.6 Å². The minimum atomic E-state index is -0.804. The zero-order valence-corrected chi connectivity index (χ0v) is 19.5. The summed E-state index contributed by atoms with van der Waals surface area (Å²) in [5, 5.41) is 11.9. The molecular weight excluding hydrogens is 448 g/mol. The highest BCUT2D eigenvalue weighted by Crippen LogP contribution is 2.50. The second-order valence-corrected chi connectivity index (χ2v) is 9.10. The molecule has 2 fully saturated rings. The number of carbonyl (C=O) groups excluding carboxylic acids is 1. The number of ether oxygens (including phenoxy) is 2. The van der Waals surface area contributed by atoms with Crippen molar-refractivity contribution in [3.05, 3.63) is 77.5 Å². The van der Waals surface area contributed by atoms with Crippen LogP contribution >= 0.6 is 0 Å². The lowest BCUT2D eigenvalue weighted by atomic mass is 9.75. The quantitative estimate of drug-likeness (QED) is 0.469. The maximum atomic E-state index is 12.8. The van der Waals surface area contributed by atoms with Crippen molar-refractivity contribution in [3.8, 4) is 5.75 Å². The molecule has 0 aliphatic carbocycles. The van der Waals surface area contributed by atoms with E-state index in [9.17, 15) is 9.59 Å². The number of aromatic nitrogens is 1. The molecular formula is C27H28N2O6. The van der Waals surface area contributed by atoms with E-state index in [1.54, 1.807) is 31.4 Å². The van der Waals surface area contributed by atoms with E-state index < -0.39 is 5.97 Å². The number of carbonyl (C=O) groups is 2. The number of benzene rings is 2. The summed E-state index contributed by atoms with van der Waals surface area (Å²) in [4.78, 5) is 28.4. The van der Waals surface area contributed by atoms with E-state index in [0.29, 0.717) is 23.7 Å². The lowest BCUT2D eigenvalue weighted by Crippen LogP contribution is -2.28. The molecule has 4 atom stereocenters. The maximum Gasteiger partial charge on any atom is 0.303 e. The Morgan fingerprint density at radius 2 is 1.83 bits per heavy atom. The molecule has 0 unspecified atom stereocenters. The summed E-state index contributed by atoms with van der Waals surface area (Å²) in [7, 11) is 1.59. The van der Waals surface area contributed by atoms with E-state index in [0.717, 1.165) is 30.4 Å². The summed E-state index contributed by atoms with van der Waals surface area (Å²) in [6.07, 6.45) is 4.76. The fourth-order valence-electron chi connectivity index (χ4n) is 5.29. The molecule has 2 aromatic carbocycles. The number of fused-ring (bicyclic) bond motifs is 2. The average molecular weight is 477 g/mol. The molecule has 8 nitrogen and oxygen atoms in total. The highest BCUT2D eigenvalue weighted by Gasteiger charge is 2.51. The van der Waals surface area contributed by atoms with Crippen molar-refractivity contribution >= 4 is 17.6 Å². The van der Waals surface area contributed by atoms with E-state index >= 15 is 0 Å². The fraction of sp³-hybridized carbons (Fsp3) is 0.370. The molecule has 1 aromatic heterocycles. The van der Waals surface area contributed by atoms with E-state index in [-0.39, 0.29) is 42.1 Å². The average Bonchev–Trinajstić information content (AvgIpc) is 3.61. The summed E-state index contributed by atoms with van der Waals surface area (Å²) in [6, 6.07) is 15.0. The van der Waals surface area contributed by atoms with Gasteiger partial charge < -0.3 is 24.3 Å². The van der Waals surface area contributed by atoms with Crippen molar-refractivity contribution in [2.75, 3.05) is 12.4 Å². The molecule has 0 radical (unpaired) electrons. The molecule has 0 spiro atoms. The highest BCUT2D eigenvalue weighted by atomic mass is 16.5. The summed E-state index contributed by atoms with van der Waals surface area (Å²) in [5.41, 5.74) is 3.03. The number of carboxylic acids is 1. The highest BCUT2D eigenvalue weighted by molar-refractivity contribution is 6.02. The van der Waals surface area contributed by atoms with Crippen LogP contribution < -0.4 is 10.1 Å². The predicted molar refractivity (Wildman–Crippen MR) is 128 cm³/mol. The van der Waals surface area contributed by atoms with Gasteiger partial charge in [-0.15, -0.1) is 0 Å². The first-order valence-electron chi connectivity index (χ1n) is 11.9. The third kappa shape index (κ3) is 4.93. The standard InChI is InChI=1S/C27H28N2O6/c1-33-19-9-7-18(8-10-19)28-26(32)21-15-34-27(29-21)25-20(22-11-12-23(25)35-22)14-17-5-3-2-4-16(17)6-13-24(30)31/h2-5,7-10,15,20,22-23,25H,6,11-14H2,1H3,(H,28,32)(H,30,31)/t20-,22-,23+,25-/m0/s1. The number of rotatable bonds is 9. The molecule has 1 amide bonds. The van der Waals surface area contributed by atoms with E-state index in [1.165, 1.54) is 6.26 Å². The maximum absolute atomic E-state index is 12.8. The van der Waals surface area contributed by atoms with E-state index in [2.05, 4.69) is 16.4 Å². The van der Waals surface area contributed by atoms with Gasteiger partial charge in [0.25, 0.3) is 5.91 Å². The fourth-order valence-corrected chi connectivity index (χ4v) is 5.29. The van der Waals surface area contributed by atoms with Gasteiger partial charge in [-0.05, 0) is 61.1 Å². The van der Waals surface area contributed by atoms with Gasteiger partial charge in [-0.25, -0.2) is 4.98 Å². The van der Waals surface area contributed by atoms with Gasteiger partial charge in [0.05, 0.1) is 25.2 Å². The predicted octanol–water partition coefficient (Wildman–Crippen LogP) is 4.46. The molecule has 182 valence electrons. The minimum absolute atomic E-state index is 0.00679. The molecule has 3 aromatic rings. The molecule has 2 aliphatic heterocycles. The smallest absolute Gasteiger partial charge is 0.303 e. The number of hydrogen-bond donors (Lipinski definition) is 2. The number of oxazole rings is 1. The summed E-state index contributed by atoms with van der Waals surface area (Å²) >= 11 is 0. The molecule has 2 aliphatic rings. The van der Waals surface area contributed by atoms with Crippen LogP contribution in [0.4, 0.5) is 5.69 Å². The SMILES string of the molecule is COc1ccc(NC(=O)c2coc([C@H]3[C@@H](Cc4ccccc4CCC(=O)O)[C@@H]4CC[C@H]3O4)n2)cc1. The van der Waals surface area contributed by atoms with Crippen LogP contribution in [0.1, 0.15) is 52.7 Å². The van der Waals surface area contributed by atoms with Gasteiger partial charge in [0.2, 0.25) is 5.89 Å². The van der Waals surface area contributed by atoms with Crippen molar-refractivity contribution in [3.63, 3.8) is 0 Å². The van der Waals surface area contributed by atoms with Crippen LogP contribution in [0.5, 0.6) is 5.75 Å². The topological polar surface area (TPSA) is 111 Å². The molecule has 2 N–H and O–H groups in total. The number of anilines is 1. The van der Waals surface area contributed by atoms with Gasteiger partial charge in [-0.3, -0.25) is 9.59 Å². The molecule has 3 heterocycles. The Morgan fingerprint density at radius 1 is 1.09 bits per heavy atom. The van der Waals surface area contributed by atoms with Gasteiger partial charge in [-0.1, -0.05) is 24.3 Å². The Labute approximate surface area is 203 Å². The largest absolute Gasteiger partial charge is 0.497 e. The Balaban J connectivity index is 1.32. The van der Waals surface area contributed by atoms with E-state index in [4.69, 9.17) is 19.0 Å². The van der Waals surface area contributed by atoms with Gasteiger partial charge in [0.15, 0.2) is 5.69 Å². The Morgan fingerprint density at radius 3 is 2.57 bits per heavy atom. The second kappa shape index (κ2) is 9.92. The van der Waals surface area contributed by atoms with Crippen molar-refractivity contribution in [1.82, 2.24) is 4.98 Å². The first kappa shape index (κ1) is 23.1. The zero-order valence-electron chi connectivity index (χ0n) is 19.5. The molecule has 35 heavy (non-hydrogen) atoms. The number of amides is 1. The Kier molecular flexibility index (Phi) is 6.55. The van der Waals surface area contributed by atoms with Crippen molar-refractivity contribution in [2.45, 2.75) is 50.2 Å². The van der Waals surface area contributed by atoms with Crippen molar-refractivity contribution in [2.24, 2.45) is 5.92 Å². The van der Waals surface area contributed by atoms with Gasteiger partial charge >= 0.3 is 5.97 Å². The normalized spacial score (nSPS) is 22.8. The summed E-state index contributed by atoms with van der Waals surface area (Å²) < 4.78 is 17.2. The van der Waals surface area contributed by atoms with Crippen LogP contribution in [0.15, 0.2) is 59.2 Å². The van der Waals surface area contributed by atoms with Gasteiger partial charge in [0, 0.05) is 18.0 Å². The minimum Gasteiger partial charge on any atom is -0.497 e. The van der Waals surface area contributed by atoms with Crippen molar-refractivity contribution in [1.29, 1.82) is 0 Å². The molecule has 0 saturated carbocycles. The lowest BCUT2D eigenvalue weighted by Gasteiger charge is -2.26. The molecule has 5 rings (SSSR count). The number of aryl methyl sites for hydroxylation is 1. The Hall–Kier alpha value is -3.65. The lowest BCUT2D eigenvalue weighted by molar-refractivity contribution is -0.136. The number of carboxylic acid groups (broad SMARTS) is 1. The monoisotopic (exact) mass is 476 g/mol. The third-order valence-electron chi connectivity index (χ3n) is 6.99. The molecule has 8 heteroatoms. The number of nitrogens with one attached hydrogen (secondary N) is 1. The number of methoxy groups -OCH3 is 1. The number of nitrogens with zero attached hydrogens (tertiary/aromatic N) is 1. The van der Waals surface area contributed by atoms with Gasteiger partial charge in [0.1, 0.15) is 12.0 Å². The first-order chi connectivity index (χ1) is 17.0. The van der Waals surface area contributed by atoms with Gasteiger partial charge in [-0.2, -0.15) is 0 Å². The number of aliphatic carboxylic acids is 1. The van der Waals surface area contributed by atoms with Crippen LogP contribution in [-0.2, 0) is 22.4 Å². The summed E-state index contributed by atoms with van der Waals surface area (Å²) in [5.74, 6) is 0.175. The molecule has 2 bridgehead atoms. The zero-order chi connectivity index (χ0) is 24.4. The van der Waals surface area contributed by atoms with E-state index in [1.807, 2.05) is 18.2 Å².